The van der Waals surface area contributed by atoms with Crippen molar-refractivity contribution < 1.29 is 9.59 Å². The quantitative estimate of drug-likeness (QED) is 0.739. The Labute approximate surface area is 184 Å². The summed E-state index contributed by atoms with van der Waals surface area (Å²) >= 11 is 0. The summed E-state index contributed by atoms with van der Waals surface area (Å²) in [5.41, 5.74) is 0.934. The molecule has 6 fully saturated rings. The molecule has 2 unspecified atom stereocenters. The van der Waals surface area contributed by atoms with E-state index in [1.54, 1.807) is 6.20 Å². The van der Waals surface area contributed by atoms with E-state index in [9.17, 15) is 9.59 Å². The van der Waals surface area contributed by atoms with Gasteiger partial charge in [-0.05, 0) is 98.0 Å². The van der Waals surface area contributed by atoms with Crippen LogP contribution in [-0.4, -0.2) is 34.8 Å². The Hall–Kier alpha value is -1.91. The molecule has 0 radical (unpaired) electrons. The van der Waals surface area contributed by atoms with Crippen LogP contribution >= 0.6 is 0 Å². The fourth-order valence-corrected chi connectivity index (χ4v) is 8.93. The minimum Gasteiger partial charge on any atom is -0.354 e. The van der Waals surface area contributed by atoms with Crippen LogP contribution in [0.3, 0.4) is 0 Å². The molecular formula is C26H33N3O2. The number of pyridine rings is 1. The van der Waals surface area contributed by atoms with Gasteiger partial charge in [0, 0.05) is 31.1 Å². The van der Waals surface area contributed by atoms with Gasteiger partial charge in [0.25, 0.3) is 0 Å². The normalized spacial score (nSPS) is 44.6. The Morgan fingerprint density at radius 3 is 2.10 bits per heavy atom. The van der Waals surface area contributed by atoms with E-state index < -0.39 is 0 Å². The lowest BCUT2D eigenvalue weighted by atomic mass is 10.0. The maximum absolute atomic E-state index is 13.5. The Kier molecular flexibility index (Phi) is 4.08. The lowest BCUT2D eigenvalue weighted by Crippen LogP contribution is -2.40. The minimum atomic E-state index is 0.240. The topological polar surface area (TPSA) is 62.3 Å². The van der Waals surface area contributed by atoms with Gasteiger partial charge in [-0.1, -0.05) is 6.07 Å². The standard InChI is InChI=1S/C26H33N3O2/c30-25(23-19-14-4-5-15(11-14)20(19)23)28-9-10-29(13-18-3-1-2-8-27-18)26(31)24-21-16-6-7-17(12-16)22(21)24/h1-3,8,14-17,19-24H,4-7,9-13H2,(H,28,30)/t14-,15+,16-,17+,19+,20-,21+,22-,23?,24?. The number of carbonyl (C=O) groups is 2. The molecule has 0 spiro atoms. The van der Waals surface area contributed by atoms with E-state index in [1.807, 2.05) is 23.1 Å². The van der Waals surface area contributed by atoms with Crippen LogP contribution in [0, 0.1) is 59.2 Å². The fourth-order valence-electron chi connectivity index (χ4n) is 8.93. The fraction of sp³-hybridized carbons (Fsp3) is 0.731. The highest BCUT2D eigenvalue weighted by atomic mass is 16.2. The number of hydrogen-bond donors (Lipinski definition) is 1. The van der Waals surface area contributed by atoms with Crippen LogP contribution in [-0.2, 0) is 16.1 Å². The molecule has 0 saturated heterocycles. The second-order valence-corrected chi connectivity index (χ2v) is 11.4. The van der Waals surface area contributed by atoms with Crippen molar-refractivity contribution in [3.8, 4) is 0 Å². The van der Waals surface area contributed by atoms with E-state index >= 15 is 0 Å². The van der Waals surface area contributed by atoms with Crippen molar-refractivity contribution in [3.63, 3.8) is 0 Å². The number of aromatic nitrogens is 1. The van der Waals surface area contributed by atoms with Crippen LogP contribution in [0.15, 0.2) is 24.4 Å². The van der Waals surface area contributed by atoms with Crippen molar-refractivity contribution >= 4 is 11.8 Å². The monoisotopic (exact) mass is 419 g/mol. The van der Waals surface area contributed by atoms with Crippen LogP contribution in [0.5, 0.6) is 0 Å². The van der Waals surface area contributed by atoms with Crippen molar-refractivity contribution in [1.29, 1.82) is 0 Å². The van der Waals surface area contributed by atoms with Gasteiger partial charge in [0.15, 0.2) is 0 Å². The van der Waals surface area contributed by atoms with E-state index in [4.69, 9.17) is 0 Å². The number of fused-ring (bicyclic) bond motifs is 10. The van der Waals surface area contributed by atoms with Gasteiger partial charge >= 0.3 is 0 Å². The summed E-state index contributed by atoms with van der Waals surface area (Å²) in [6, 6.07) is 5.90. The first-order valence-corrected chi connectivity index (χ1v) is 12.7. The molecule has 0 aliphatic heterocycles. The molecule has 1 N–H and O–H groups in total. The molecule has 31 heavy (non-hydrogen) atoms. The van der Waals surface area contributed by atoms with Crippen molar-refractivity contribution in [2.24, 2.45) is 59.2 Å². The van der Waals surface area contributed by atoms with Crippen LogP contribution in [0.1, 0.15) is 44.2 Å². The third-order valence-electron chi connectivity index (χ3n) is 10.1. The molecule has 6 aliphatic carbocycles. The molecule has 4 bridgehead atoms. The molecule has 10 atom stereocenters. The predicted molar refractivity (Wildman–Crippen MR) is 115 cm³/mol. The van der Waals surface area contributed by atoms with E-state index in [-0.39, 0.29) is 17.7 Å². The summed E-state index contributed by atoms with van der Waals surface area (Å²) in [6.45, 7) is 1.72. The number of carbonyl (C=O) groups excluding carboxylic acids is 2. The SMILES string of the molecule is O=C(NCCN(Cc1ccccn1)C(=O)C1[C@@H]2[C@H]3CC[C@H](C3)[C@H]12)C1[C@@H]2[C@H]3CC[C@H](C3)[C@H]12. The Morgan fingerprint density at radius 1 is 0.903 bits per heavy atom. The maximum atomic E-state index is 13.5. The molecule has 0 aromatic carbocycles. The highest BCUT2D eigenvalue weighted by Crippen LogP contribution is 2.70. The van der Waals surface area contributed by atoms with Gasteiger partial charge in [-0.15, -0.1) is 0 Å². The van der Waals surface area contributed by atoms with Gasteiger partial charge in [0.1, 0.15) is 0 Å². The molecule has 2 amide bonds. The average Bonchev–Trinajstić information content (AvgIpc) is 3.44. The number of nitrogens with one attached hydrogen (secondary N) is 1. The first-order valence-electron chi connectivity index (χ1n) is 12.7. The highest BCUT2D eigenvalue weighted by molar-refractivity contribution is 5.84. The van der Waals surface area contributed by atoms with E-state index in [0.717, 1.165) is 29.4 Å². The Bertz CT molecular complexity index is 871. The van der Waals surface area contributed by atoms with Gasteiger partial charge in [0.2, 0.25) is 11.8 Å². The van der Waals surface area contributed by atoms with Gasteiger partial charge in [-0.25, -0.2) is 0 Å². The summed E-state index contributed by atoms with van der Waals surface area (Å²) in [4.78, 5) is 32.8. The van der Waals surface area contributed by atoms with E-state index in [2.05, 4.69) is 10.3 Å². The van der Waals surface area contributed by atoms with Crippen LogP contribution in [0.25, 0.3) is 0 Å². The molecule has 7 rings (SSSR count). The first-order chi connectivity index (χ1) is 15.2. The zero-order chi connectivity index (χ0) is 20.7. The highest BCUT2D eigenvalue weighted by Gasteiger charge is 2.68. The zero-order valence-corrected chi connectivity index (χ0v) is 18.2. The summed E-state index contributed by atoms with van der Waals surface area (Å²) in [7, 11) is 0. The Balaban J connectivity index is 0.992. The molecule has 1 aromatic heterocycles. The van der Waals surface area contributed by atoms with Crippen LogP contribution in [0.2, 0.25) is 0 Å². The van der Waals surface area contributed by atoms with Crippen molar-refractivity contribution in [2.45, 2.75) is 45.1 Å². The van der Waals surface area contributed by atoms with E-state index in [0.29, 0.717) is 49.2 Å². The van der Waals surface area contributed by atoms with Gasteiger partial charge < -0.3 is 10.2 Å². The summed E-state index contributed by atoms with van der Waals surface area (Å²) in [5, 5.41) is 3.20. The third kappa shape index (κ3) is 2.84. The zero-order valence-electron chi connectivity index (χ0n) is 18.2. The number of nitrogens with zero attached hydrogens (tertiary/aromatic N) is 2. The largest absolute Gasteiger partial charge is 0.354 e. The number of amides is 2. The van der Waals surface area contributed by atoms with Crippen molar-refractivity contribution in [1.82, 2.24) is 15.2 Å². The molecule has 5 nitrogen and oxygen atoms in total. The average molecular weight is 420 g/mol. The molecule has 1 heterocycles. The summed E-state index contributed by atoms with van der Waals surface area (Å²) in [5.74, 6) is 6.93. The number of rotatable bonds is 7. The van der Waals surface area contributed by atoms with Gasteiger partial charge in [0.05, 0.1) is 12.2 Å². The maximum Gasteiger partial charge on any atom is 0.226 e. The second kappa shape index (κ2) is 6.79. The summed E-state index contributed by atoms with van der Waals surface area (Å²) < 4.78 is 0. The molecule has 164 valence electrons. The van der Waals surface area contributed by atoms with Crippen molar-refractivity contribution in [2.75, 3.05) is 13.1 Å². The van der Waals surface area contributed by atoms with Gasteiger partial charge in [-0.2, -0.15) is 0 Å². The molecule has 6 aliphatic rings. The molecular weight excluding hydrogens is 386 g/mol. The van der Waals surface area contributed by atoms with E-state index in [1.165, 1.54) is 38.5 Å². The molecule has 1 aromatic rings. The first kappa shape index (κ1) is 18.6. The third-order valence-corrected chi connectivity index (χ3v) is 10.1. The minimum absolute atomic E-state index is 0.240. The predicted octanol–water partition coefficient (Wildman–Crippen LogP) is 3.11. The van der Waals surface area contributed by atoms with Crippen LogP contribution in [0.4, 0.5) is 0 Å². The Morgan fingerprint density at radius 2 is 1.52 bits per heavy atom. The van der Waals surface area contributed by atoms with Gasteiger partial charge in [-0.3, -0.25) is 14.6 Å². The lowest BCUT2D eigenvalue weighted by molar-refractivity contribution is -0.134. The molecule has 6 saturated carbocycles. The second-order valence-electron chi connectivity index (χ2n) is 11.4. The summed E-state index contributed by atoms with van der Waals surface area (Å²) in [6.07, 6.45) is 9.88. The molecule has 5 heteroatoms. The lowest BCUT2D eigenvalue weighted by Gasteiger charge is -2.24. The smallest absolute Gasteiger partial charge is 0.226 e. The van der Waals surface area contributed by atoms with Crippen LogP contribution < -0.4 is 5.32 Å². The van der Waals surface area contributed by atoms with Crippen molar-refractivity contribution in [3.05, 3.63) is 30.1 Å². The number of hydrogen-bond acceptors (Lipinski definition) is 3.